The fourth-order valence-electron chi connectivity index (χ4n) is 8.90. The van der Waals surface area contributed by atoms with Gasteiger partial charge in [-0.15, -0.1) is 0 Å². The minimum atomic E-state index is 0.0801. The molecule has 0 N–H and O–H groups in total. The summed E-state index contributed by atoms with van der Waals surface area (Å²) in [5.41, 5.74) is 0.415. The first-order chi connectivity index (χ1) is 11.5. The molecule has 2 nitrogen and oxygen atoms in total. The molecular formula is C22H32O2. The molecule has 5 aliphatic carbocycles. The molecule has 0 aromatic rings. The Morgan fingerprint density at radius 1 is 1.12 bits per heavy atom. The monoisotopic (exact) mass is 328 g/mol. The summed E-state index contributed by atoms with van der Waals surface area (Å²) in [6.45, 7) is 4.25. The van der Waals surface area contributed by atoms with Crippen LogP contribution >= 0.6 is 0 Å². The maximum atomic E-state index is 12.6. The van der Waals surface area contributed by atoms with E-state index in [9.17, 15) is 9.59 Å². The van der Waals surface area contributed by atoms with Crippen LogP contribution in [0.5, 0.6) is 0 Å². The standard InChI is InChI=1S/C22H32O2/c1-3-21-9-8-18-17-7-5-16(24)10-14(17)4-6-19(18)20(21)11-15-12-22(15,21)13(2)23/h14-15,17-20H,3-12H2,1-2H3/t14-,15+,17+,18-,19-,20+,21+,22+/m1/s1. The Hall–Kier alpha value is -0.660. The summed E-state index contributed by atoms with van der Waals surface area (Å²) in [4.78, 5) is 24.5. The van der Waals surface area contributed by atoms with E-state index in [-0.39, 0.29) is 5.41 Å². The second-order valence-corrected chi connectivity index (χ2v) is 9.93. The predicted molar refractivity (Wildman–Crippen MR) is 93.3 cm³/mol. The van der Waals surface area contributed by atoms with Gasteiger partial charge >= 0.3 is 0 Å². The van der Waals surface area contributed by atoms with Crippen LogP contribution in [0.25, 0.3) is 0 Å². The van der Waals surface area contributed by atoms with Crippen LogP contribution in [-0.2, 0) is 9.59 Å². The van der Waals surface area contributed by atoms with E-state index >= 15 is 0 Å². The van der Waals surface area contributed by atoms with E-state index in [1.807, 2.05) is 6.92 Å². The Kier molecular flexibility index (Phi) is 3.21. The van der Waals surface area contributed by atoms with Crippen LogP contribution in [0.15, 0.2) is 0 Å². The van der Waals surface area contributed by atoms with E-state index in [1.54, 1.807) is 0 Å². The molecule has 24 heavy (non-hydrogen) atoms. The van der Waals surface area contributed by atoms with Crippen LogP contribution in [0, 0.1) is 46.3 Å². The van der Waals surface area contributed by atoms with Crippen molar-refractivity contribution in [1.82, 2.24) is 0 Å². The summed E-state index contributed by atoms with van der Waals surface area (Å²) in [7, 11) is 0. The summed E-state index contributed by atoms with van der Waals surface area (Å²) in [6.07, 6.45) is 11.9. The third-order valence-electron chi connectivity index (χ3n) is 9.76. The lowest BCUT2D eigenvalue weighted by molar-refractivity contribution is -0.139. The molecule has 5 saturated carbocycles. The predicted octanol–water partition coefficient (Wildman–Crippen LogP) is 4.80. The summed E-state index contributed by atoms with van der Waals surface area (Å²) < 4.78 is 0. The molecule has 0 amide bonds. The lowest BCUT2D eigenvalue weighted by Crippen LogP contribution is -2.52. The highest BCUT2D eigenvalue weighted by molar-refractivity contribution is 5.87. The van der Waals surface area contributed by atoms with Crippen molar-refractivity contribution in [2.75, 3.05) is 0 Å². The van der Waals surface area contributed by atoms with E-state index in [0.717, 1.165) is 42.9 Å². The maximum absolute atomic E-state index is 12.6. The average Bonchev–Trinajstić information content (AvgIpc) is 3.24. The minimum absolute atomic E-state index is 0.0801. The molecule has 2 heteroatoms. The Labute approximate surface area is 146 Å². The minimum Gasteiger partial charge on any atom is -0.300 e. The smallest absolute Gasteiger partial charge is 0.136 e. The normalized spacial score (nSPS) is 55.2. The lowest BCUT2D eigenvalue weighted by Gasteiger charge is -2.57. The van der Waals surface area contributed by atoms with Crippen LogP contribution in [0.4, 0.5) is 0 Å². The summed E-state index contributed by atoms with van der Waals surface area (Å²) >= 11 is 0. The van der Waals surface area contributed by atoms with Crippen LogP contribution in [0.3, 0.4) is 0 Å². The number of hydrogen-bond donors (Lipinski definition) is 0. The number of rotatable bonds is 2. The lowest BCUT2D eigenvalue weighted by atomic mass is 9.47. The number of ketones is 2. The molecule has 0 aliphatic heterocycles. The molecule has 0 radical (unpaired) electrons. The zero-order chi connectivity index (χ0) is 16.7. The maximum Gasteiger partial charge on any atom is 0.136 e. The third kappa shape index (κ3) is 1.69. The van der Waals surface area contributed by atoms with Crippen molar-refractivity contribution in [3.05, 3.63) is 0 Å². The van der Waals surface area contributed by atoms with Gasteiger partial charge in [0.05, 0.1) is 0 Å². The van der Waals surface area contributed by atoms with E-state index < -0.39 is 0 Å². The van der Waals surface area contributed by atoms with Gasteiger partial charge in [0.15, 0.2) is 0 Å². The van der Waals surface area contributed by atoms with E-state index in [4.69, 9.17) is 0 Å². The SMILES string of the molecule is CC[C@]12CC[C@H]3[C@@H](CC[C@@H]4CC(=O)CC[C@@H]43)[C@@H]1C[C@H]1C[C@]12C(C)=O. The van der Waals surface area contributed by atoms with Crippen molar-refractivity contribution in [3.63, 3.8) is 0 Å². The van der Waals surface area contributed by atoms with Gasteiger partial charge in [0, 0.05) is 18.3 Å². The van der Waals surface area contributed by atoms with Crippen molar-refractivity contribution in [2.45, 2.75) is 78.1 Å². The molecule has 0 bridgehead atoms. The first-order valence-corrected chi connectivity index (χ1v) is 10.6. The van der Waals surface area contributed by atoms with Gasteiger partial charge in [0.25, 0.3) is 0 Å². The van der Waals surface area contributed by atoms with Gasteiger partial charge in [-0.2, -0.15) is 0 Å². The van der Waals surface area contributed by atoms with Gasteiger partial charge in [0.1, 0.15) is 11.6 Å². The molecule has 5 fully saturated rings. The Morgan fingerprint density at radius 3 is 2.71 bits per heavy atom. The Balaban J connectivity index is 1.46. The van der Waals surface area contributed by atoms with Crippen molar-refractivity contribution >= 4 is 11.6 Å². The molecule has 5 aliphatic rings. The van der Waals surface area contributed by atoms with E-state index in [1.165, 1.54) is 44.9 Å². The largest absolute Gasteiger partial charge is 0.300 e. The molecule has 0 aromatic carbocycles. The summed E-state index contributed by atoms with van der Waals surface area (Å²) in [6, 6.07) is 0. The van der Waals surface area contributed by atoms with Gasteiger partial charge in [-0.3, -0.25) is 9.59 Å². The second-order valence-electron chi connectivity index (χ2n) is 9.93. The van der Waals surface area contributed by atoms with Crippen LogP contribution in [-0.4, -0.2) is 11.6 Å². The van der Waals surface area contributed by atoms with Gasteiger partial charge in [-0.05, 0) is 99.2 Å². The van der Waals surface area contributed by atoms with Gasteiger partial charge in [-0.25, -0.2) is 0 Å². The fourth-order valence-corrected chi connectivity index (χ4v) is 8.90. The first kappa shape index (κ1) is 15.6. The third-order valence-corrected chi connectivity index (χ3v) is 9.76. The Morgan fingerprint density at radius 2 is 1.96 bits per heavy atom. The molecule has 0 saturated heterocycles. The van der Waals surface area contributed by atoms with Crippen LogP contribution < -0.4 is 0 Å². The van der Waals surface area contributed by atoms with E-state index in [0.29, 0.717) is 28.8 Å². The molecule has 132 valence electrons. The second kappa shape index (κ2) is 4.95. The molecule has 0 spiro atoms. The highest BCUT2D eigenvalue weighted by Gasteiger charge is 2.77. The van der Waals surface area contributed by atoms with Crippen molar-refractivity contribution in [3.8, 4) is 0 Å². The quantitative estimate of drug-likeness (QED) is 0.729. The topological polar surface area (TPSA) is 34.1 Å². The number of carbonyl (C=O) groups excluding carboxylic acids is 2. The average molecular weight is 328 g/mol. The highest BCUT2D eigenvalue weighted by Crippen LogP contribution is 2.81. The molecule has 0 aromatic heterocycles. The first-order valence-electron chi connectivity index (χ1n) is 10.6. The molecule has 5 rings (SSSR count). The van der Waals surface area contributed by atoms with Crippen molar-refractivity contribution < 1.29 is 9.59 Å². The van der Waals surface area contributed by atoms with Crippen molar-refractivity contribution in [2.24, 2.45) is 46.3 Å². The van der Waals surface area contributed by atoms with Crippen LogP contribution in [0.2, 0.25) is 0 Å². The van der Waals surface area contributed by atoms with Crippen LogP contribution in [0.1, 0.15) is 78.1 Å². The number of hydrogen-bond acceptors (Lipinski definition) is 2. The fraction of sp³-hybridized carbons (Fsp3) is 0.909. The summed E-state index contributed by atoms with van der Waals surface area (Å²) in [5.74, 6) is 5.78. The summed E-state index contributed by atoms with van der Waals surface area (Å²) in [5, 5.41) is 0. The van der Waals surface area contributed by atoms with Gasteiger partial charge < -0.3 is 0 Å². The Bertz CT molecular complexity index is 595. The van der Waals surface area contributed by atoms with Gasteiger partial charge in [-0.1, -0.05) is 6.92 Å². The molecule has 0 unspecified atom stereocenters. The van der Waals surface area contributed by atoms with E-state index in [2.05, 4.69) is 6.92 Å². The molecule has 0 heterocycles. The number of fused-ring (bicyclic) bond motifs is 7. The molecule has 8 atom stereocenters. The zero-order valence-electron chi connectivity index (χ0n) is 15.4. The van der Waals surface area contributed by atoms with Gasteiger partial charge in [0.2, 0.25) is 0 Å². The molecular weight excluding hydrogens is 296 g/mol. The zero-order valence-corrected chi connectivity index (χ0v) is 15.4. The number of carbonyl (C=O) groups is 2. The number of Topliss-reactive ketones (excluding diaryl/α,β-unsaturated/α-hetero) is 2. The van der Waals surface area contributed by atoms with Crippen molar-refractivity contribution in [1.29, 1.82) is 0 Å². The highest BCUT2D eigenvalue weighted by atomic mass is 16.1.